The number of aliphatic imine (C=N–C) groups is 1. The number of nitrogens with two attached hydrogens (primary N) is 1. The predicted molar refractivity (Wildman–Crippen MR) is 65.7 cm³/mol. The summed E-state index contributed by atoms with van der Waals surface area (Å²) in [4.78, 5) is 8.83. The largest absolute Gasteiger partial charge is 0.387 e. The molecular formula is C13H13N3. The number of hydrogen-bond acceptors (Lipinski definition) is 2. The number of hydrogen-bond donors (Lipinski definition) is 1. The second kappa shape index (κ2) is 3.59. The second-order valence-corrected chi connectivity index (χ2v) is 4.16. The molecule has 16 heavy (non-hydrogen) atoms. The van der Waals surface area contributed by atoms with Crippen LogP contribution in [0.4, 0.5) is 5.69 Å². The summed E-state index contributed by atoms with van der Waals surface area (Å²) in [6.45, 7) is 0. The fourth-order valence-corrected chi connectivity index (χ4v) is 1.79. The van der Waals surface area contributed by atoms with Gasteiger partial charge in [0.2, 0.25) is 0 Å². The van der Waals surface area contributed by atoms with Gasteiger partial charge < -0.3 is 5.73 Å². The Labute approximate surface area is 94.0 Å². The molecule has 0 aliphatic heterocycles. The van der Waals surface area contributed by atoms with Crippen LogP contribution < -0.4 is 5.73 Å². The summed E-state index contributed by atoms with van der Waals surface area (Å²) in [6.07, 6.45) is 4.13. The van der Waals surface area contributed by atoms with Crippen molar-refractivity contribution in [3.05, 3.63) is 36.5 Å². The van der Waals surface area contributed by atoms with Crippen LogP contribution in [0.2, 0.25) is 0 Å². The number of rotatable bonds is 2. The minimum atomic E-state index is 0.499. The van der Waals surface area contributed by atoms with Crippen molar-refractivity contribution < 1.29 is 0 Å². The minimum Gasteiger partial charge on any atom is -0.387 e. The first-order chi connectivity index (χ1) is 7.84. The third-order valence-electron chi connectivity index (χ3n) is 2.86. The highest BCUT2D eigenvalue weighted by atomic mass is 14.9. The maximum absolute atomic E-state index is 5.92. The van der Waals surface area contributed by atoms with E-state index in [9.17, 15) is 0 Å². The van der Waals surface area contributed by atoms with Gasteiger partial charge in [-0.05, 0) is 25.0 Å². The third-order valence-corrected chi connectivity index (χ3v) is 2.86. The van der Waals surface area contributed by atoms with E-state index in [-0.39, 0.29) is 0 Å². The van der Waals surface area contributed by atoms with E-state index >= 15 is 0 Å². The average Bonchev–Trinajstić information content (AvgIpc) is 3.13. The summed E-state index contributed by atoms with van der Waals surface area (Å²) in [7, 11) is 0. The van der Waals surface area contributed by atoms with Crippen molar-refractivity contribution in [2.75, 3.05) is 0 Å². The Morgan fingerprint density at radius 2 is 2.06 bits per heavy atom. The molecule has 80 valence electrons. The van der Waals surface area contributed by atoms with E-state index in [0.29, 0.717) is 5.92 Å². The molecule has 1 aliphatic carbocycles. The van der Waals surface area contributed by atoms with E-state index in [2.05, 4.69) is 9.98 Å². The van der Waals surface area contributed by atoms with Gasteiger partial charge >= 0.3 is 0 Å². The number of amidine groups is 1. The number of benzene rings is 1. The van der Waals surface area contributed by atoms with Gasteiger partial charge in [-0.1, -0.05) is 18.2 Å². The quantitative estimate of drug-likeness (QED) is 0.613. The van der Waals surface area contributed by atoms with Crippen LogP contribution in [0.5, 0.6) is 0 Å². The van der Waals surface area contributed by atoms with E-state index in [4.69, 9.17) is 5.73 Å². The van der Waals surface area contributed by atoms with E-state index in [1.54, 1.807) is 6.20 Å². The topological polar surface area (TPSA) is 51.3 Å². The standard InChI is InChI=1S/C13H13N3/c14-13(10-6-7-10)16-11-5-1-3-9-4-2-8-15-12(9)11/h1-5,8,10H,6-7H2,(H2,14,16). The lowest BCUT2D eigenvalue weighted by atomic mass is 10.2. The zero-order valence-electron chi connectivity index (χ0n) is 8.93. The summed E-state index contributed by atoms with van der Waals surface area (Å²) < 4.78 is 0. The fraction of sp³-hybridized carbons (Fsp3) is 0.231. The molecule has 0 radical (unpaired) electrons. The Morgan fingerprint density at radius 3 is 2.88 bits per heavy atom. The van der Waals surface area contributed by atoms with Gasteiger partial charge in [0.05, 0.1) is 11.2 Å². The first kappa shape index (κ1) is 9.33. The maximum atomic E-state index is 5.92. The molecule has 2 N–H and O–H groups in total. The monoisotopic (exact) mass is 211 g/mol. The summed E-state index contributed by atoms with van der Waals surface area (Å²) >= 11 is 0. The van der Waals surface area contributed by atoms with Crippen molar-refractivity contribution in [1.82, 2.24) is 4.98 Å². The molecule has 3 rings (SSSR count). The molecule has 1 aromatic heterocycles. The van der Waals surface area contributed by atoms with Gasteiger partial charge in [-0.25, -0.2) is 4.99 Å². The highest BCUT2D eigenvalue weighted by molar-refractivity contribution is 5.94. The van der Waals surface area contributed by atoms with Gasteiger partial charge in [0, 0.05) is 17.5 Å². The lowest BCUT2D eigenvalue weighted by Crippen LogP contribution is -2.13. The van der Waals surface area contributed by atoms with Crippen molar-refractivity contribution in [2.24, 2.45) is 16.6 Å². The molecule has 3 nitrogen and oxygen atoms in total. The lowest BCUT2D eigenvalue weighted by Gasteiger charge is -2.02. The molecule has 1 heterocycles. The molecule has 0 bridgehead atoms. The number of aromatic nitrogens is 1. The molecule has 1 aromatic carbocycles. The van der Waals surface area contributed by atoms with Crippen molar-refractivity contribution >= 4 is 22.4 Å². The molecule has 3 heteroatoms. The van der Waals surface area contributed by atoms with Gasteiger partial charge in [0.15, 0.2) is 0 Å². The first-order valence-corrected chi connectivity index (χ1v) is 5.52. The van der Waals surface area contributed by atoms with Gasteiger partial charge in [-0.2, -0.15) is 0 Å². The van der Waals surface area contributed by atoms with E-state index in [1.807, 2.05) is 30.3 Å². The molecule has 2 aromatic rings. The van der Waals surface area contributed by atoms with Crippen LogP contribution in [0.15, 0.2) is 41.5 Å². The molecule has 1 fully saturated rings. The average molecular weight is 211 g/mol. The molecule has 0 spiro atoms. The zero-order valence-corrected chi connectivity index (χ0v) is 8.93. The van der Waals surface area contributed by atoms with Crippen LogP contribution in [0.1, 0.15) is 12.8 Å². The van der Waals surface area contributed by atoms with Crippen LogP contribution in [-0.2, 0) is 0 Å². The summed E-state index contributed by atoms with van der Waals surface area (Å²) in [5, 5.41) is 1.10. The second-order valence-electron chi connectivity index (χ2n) is 4.16. The van der Waals surface area contributed by atoms with Gasteiger partial charge in [-0.15, -0.1) is 0 Å². The third kappa shape index (κ3) is 1.65. The SMILES string of the molecule is NC(=Nc1cccc2cccnc12)C1CC1. The predicted octanol–water partition coefficient (Wildman–Crippen LogP) is 2.63. The zero-order chi connectivity index (χ0) is 11.0. The minimum absolute atomic E-state index is 0.499. The molecule has 1 saturated carbocycles. The van der Waals surface area contributed by atoms with Crippen LogP contribution in [0.3, 0.4) is 0 Å². The highest BCUT2D eigenvalue weighted by Crippen LogP contribution is 2.31. The van der Waals surface area contributed by atoms with E-state index in [1.165, 1.54) is 12.8 Å². The number of nitrogens with zero attached hydrogens (tertiary/aromatic N) is 2. The van der Waals surface area contributed by atoms with Crippen molar-refractivity contribution in [1.29, 1.82) is 0 Å². The van der Waals surface area contributed by atoms with E-state index < -0.39 is 0 Å². The lowest BCUT2D eigenvalue weighted by molar-refractivity contribution is 1.15. The van der Waals surface area contributed by atoms with Crippen LogP contribution in [0, 0.1) is 5.92 Å². The molecule has 0 saturated heterocycles. The number of fused-ring (bicyclic) bond motifs is 1. The van der Waals surface area contributed by atoms with Gasteiger partial charge in [-0.3, -0.25) is 4.98 Å². The Morgan fingerprint density at radius 1 is 1.25 bits per heavy atom. The summed E-state index contributed by atoms with van der Waals surface area (Å²) in [5.74, 6) is 1.25. The van der Waals surface area contributed by atoms with Crippen LogP contribution in [-0.4, -0.2) is 10.8 Å². The summed E-state index contributed by atoms with van der Waals surface area (Å²) in [5.41, 5.74) is 7.73. The fourth-order valence-electron chi connectivity index (χ4n) is 1.79. The molecule has 1 aliphatic rings. The normalized spacial score (nSPS) is 16.6. The molecule has 0 atom stereocenters. The Kier molecular flexibility index (Phi) is 2.10. The Hall–Kier alpha value is -1.90. The maximum Gasteiger partial charge on any atom is 0.103 e. The highest BCUT2D eigenvalue weighted by Gasteiger charge is 2.25. The van der Waals surface area contributed by atoms with E-state index in [0.717, 1.165) is 22.4 Å². The molecule has 0 unspecified atom stereocenters. The molecule has 0 amide bonds. The van der Waals surface area contributed by atoms with Crippen molar-refractivity contribution in [3.63, 3.8) is 0 Å². The number of para-hydroxylation sites is 1. The van der Waals surface area contributed by atoms with Gasteiger partial charge in [0.1, 0.15) is 5.84 Å². The van der Waals surface area contributed by atoms with Crippen LogP contribution >= 0.6 is 0 Å². The van der Waals surface area contributed by atoms with Gasteiger partial charge in [0.25, 0.3) is 0 Å². The van der Waals surface area contributed by atoms with Crippen molar-refractivity contribution in [3.8, 4) is 0 Å². The summed E-state index contributed by atoms with van der Waals surface area (Å²) in [6, 6.07) is 9.96. The molecular weight excluding hydrogens is 198 g/mol. The smallest absolute Gasteiger partial charge is 0.103 e. The number of pyridine rings is 1. The Balaban J connectivity index is 2.12. The van der Waals surface area contributed by atoms with Crippen LogP contribution in [0.25, 0.3) is 10.9 Å². The van der Waals surface area contributed by atoms with Crippen molar-refractivity contribution in [2.45, 2.75) is 12.8 Å². The Bertz CT molecular complexity index is 551. The first-order valence-electron chi connectivity index (χ1n) is 5.52.